The maximum Gasteiger partial charge on any atom is 0.239 e. The van der Waals surface area contributed by atoms with Crippen molar-refractivity contribution in [2.24, 2.45) is 11.5 Å². The standard InChI is InChI=1S/C16H25N3O/c17-14(11-13-7-3-1-4-8-13)12-15(18)16(20)19-9-5-2-6-10-19/h1,3-4,7-8,14-15H,2,5-6,9-12,17-18H2/t14?,15-/m0/s1. The fraction of sp³-hybridized carbons (Fsp3) is 0.562. The average Bonchev–Trinajstić information content (AvgIpc) is 2.48. The van der Waals surface area contributed by atoms with Gasteiger partial charge in [0.05, 0.1) is 6.04 Å². The highest BCUT2D eigenvalue weighted by atomic mass is 16.2. The van der Waals surface area contributed by atoms with Gasteiger partial charge in [0, 0.05) is 19.1 Å². The van der Waals surface area contributed by atoms with Crippen molar-refractivity contribution < 1.29 is 4.79 Å². The minimum Gasteiger partial charge on any atom is -0.341 e. The van der Waals surface area contributed by atoms with Gasteiger partial charge in [-0.15, -0.1) is 0 Å². The van der Waals surface area contributed by atoms with E-state index in [0.717, 1.165) is 32.4 Å². The van der Waals surface area contributed by atoms with Crippen LogP contribution in [0.2, 0.25) is 0 Å². The van der Waals surface area contributed by atoms with Gasteiger partial charge in [0.15, 0.2) is 0 Å². The zero-order valence-electron chi connectivity index (χ0n) is 12.0. The largest absolute Gasteiger partial charge is 0.341 e. The molecule has 1 aliphatic rings. The molecule has 20 heavy (non-hydrogen) atoms. The van der Waals surface area contributed by atoms with E-state index in [-0.39, 0.29) is 11.9 Å². The molecule has 1 unspecified atom stereocenters. The lowest BCUT2D eigenvalue weighted by molar-refractivity contribution is -0.133. The van der Waals surface area contributed by atoms with Crippen LogP contribution in [0.25, 0.3) is 0 Å². The topological polar surface area (TPSA) is 72.3 Å². The molecule has 110 valence electrons. The Balaban J connectivity index is 1.80. The summed E-state index contributed by atoms with van der Waals surface area (Å²) in [6, 6.07) is 9.56. The number of hydrogen-bond donors (Lipinski definition) is 2. The van der Waals surface area contributed by atoms with Gasteiger partial charge in [0.25, 0.3) is 0 Å². The summed E-state index contributed by atoms with van der Waals surface area (Å²) in [6.45, 7) is 1.70. The molecule has 0 bridgehead atoms. The molecule has 1 aliphatic heterocycles. The number of nitrogens with zero attached hydrogens (tertiary/aromatic N) is 1. The number of amides is 1. The number of benzene rings is 1. The number of nitrogens with two attached hydrogens (primary N) is 2. The number of piperidine rings is 1. The Morgan fingerprint density at radius 1 is 1.10 bits per heavy atom. The number of hydrogen-bond acceptors (Lipinski definition) is 3. The van der Waals surface area contributed by atoms with Crippen LogP contribution in [0.4, 0.5) is 0 Å². The minimum absolute atomic E-state index is 0.0632. The van der Waals surface area contributed by atoms with E-state index in [1.807, 2.05) is 23.1 Å². The normalized spacial score (nSPS) is 18.6. The molecule has 1 aromatic carbocycles. The van der Waals surface area contributed by atoms with Crippen LogP contribution < -0.4 is 11.5 Å². The third-order valence-corrected chi connectivity index (χ3v) is 3.88. The molecule has 0 spiro atoms. The van der Waals surface area contributed by atoms with Gasteiger partial charge in [0.2, 0.25) is 5.91 Å². The number of carbonyl (C=O) groups excluding carboxylic acids is 1. The minimum atomic E-state index is -0.466. The number of rotatable bonds is 5. The second kappa shape index (κ2) is 7.41. The molecule has 4 heteroatoms. The molecule has 0 aliphatic carbocycles. The molecular weight excluding hydrogens is 250 g/mol. The van der Waals surface area contributed by atoms with E-state index in [9.17, 15) is 4.79 Å². The molecule has 0 aromatic heterocycles. The van der Waals surface area contributed by atoms with E-state index >= 15 is 0 Å². The van der Waals surface area contributed by atoms with Crippen molar-refractivity contribution in [1.29, 1.82) is 0 Å². The molecular formula is C16H25N3O. The monoisotopic (exact) mass is 275 g/mol. The second-order valence-corrected chi connectivity index (χ2v) is 5.68. The molecule has 0 saturated carbocycles. The lowest BCUT2D eigenvalue weighted by atomic mass is 9.99. The summed E-state index contributed by atoms with van der Waals surface area (Å²) in [6.07, 6.45) is 4.71. The summed E-state index contributed by atoms with van der Waals surface area (Å²) in [5.41, 5.74) is 13.3. The van der Waals surface area contributed by atoms with E-state index in [2.05, 4.69) is 12.1 Å². The van der Waals surface area contributed by atoms with E-state index in [1.54, 1.807) is 0 Å². The number of carbonyl (C=O) groups is 1. The van der Waals surface area contributed by atoms with Gasteiger partial charge >= 0.3 is 0 Å². The van der Waals surface area contributed by atoms with E-state index < -0.39 is 6.04 Å². The van der Waals surface area contributed by atoms with Crippen LogP contribution in [0.1, 0.15) is 31.2 Å². The van der Waals surface area contributed by atoms with Crippen molar-refractivity contribution in [1.82, 2.24) is 4.90 Å². The van der Waals surface area contributed by atoms with Gasteiger partial charge in [-0.3, -0.25) is 4.79 Å². The van der Waals surface area contributed by atoms with Crippen molar-refractivity contribution in [2.45, 2.75) is 44.2 Å². The summed E-state index contributed by atoms with van der Waals surface area (Å²) in [5, 5.41) is 0. The smallest absolute Gasteiger partial charge is 0.239 e. The van der Waals surface area contributed by atoms with E-state index in [0.29, 0.717) is 6.42 Å². The SMILES string of the molecule is NC(Cc1ccccc1)C[C@H](N)C(=O)N1CCCCC1. The molecule has 4 nitrogen and oxygen atoms in total. The molecule has 0 radical (unpaired) electrons. The summed E-state index contributed by atoms with van der Waals surface area (Å²) < 4.78 is 0. The quantitative estimate of drug-likeness (QED) is 0.850. The first kappa shape index (κ1) is 15.0. The molecule has 1 heterocycles. The van der Waals surface area contributed by atoms with Gasteiger partial charge in [-0.05, 0) is 37.7 Å². The predicted molar refractivity (Wildman–Crippen MR) is 81.1 cm³/mol. The van der Waals surface area contributed by atoms with Gasteiger partial charge in [-0.2, -0.15) is 0 Å². The Labute approximate surface area is 121 Å². The Bertz CT molecular complexity index is 415. The van der Waals surface area contributed by atoms with Crippen molar-refractivity contribution >= 4 is 5.91 Å². The van der Waals surface area contributed by atoms with Crippen LogP contribution >= 0.6 is 0 Å². The van der Waals surface area contributed by atoms with Crippen molar-refractivity contribution in [3.63, 3.8) is 0 Å². The molecule has 1 aromatic rings. The Morgan fingerprint density at radius 3 is 2.40 bits per heavy atom. The number of likely N-dealkylation sites (tertiary alicyclic amines) is 1. The zero-order chi connectivity index (χ0) is 14.4. The van der Waals surface area contributed by atoms with E-state index in [1.165, 1.54) is 12.0 Å². The maximum atomic E-state index is 12.2. The predicted octanol–water partition coefficient (Wildman–Crippen LogP) is 1.29. The molecule has 2 atom stereocenters. The molecule has 2 rings (SSSR count). The Hall–Kier alpha value is -1.39. The zero-order valence-corrected chi connectivity index (χ0v) is 12.0. The van der Waals surface area contributed by atoms with Gasteiger partial charge in [0.1, 0.15) is 0 Å². The maximum absolute atomic E-state index is 12.2. The first-order valence-corrected chi connectivity index (χ1v) is 7.50. The van der Waals surface area contributed by atoms with Crippen molar-refractivity contribution in [3.8, 4) is 0 Å². The highest BCUT2D eigenvalue weighted by Crippen LogP contribution is 2.12. The van der Waals surface area contributed by atoms with Crippen LogP contribution in [0.5, 0.6) is 0 Å². The molecule has 1 amide bonds. The van der Waals surface area contributed by atoms with Crippen LogP contribution in [-0.4, -0.2) is 36.0 Å². The first-order valence-electron chi connectivity index (χ1n) is 7.50. The van der Waals surface area contributed by atoms with Gasteiger partial charge in [-0.1, -0.05) is 30.3 Å². The van der Waals surface area contributed by atoms with Gasteiger partial charge < -0.3 is 16.4 Å². The third-order valence-electron chi connectivity index (χ3n) is 3.88. The van der Waals surface area contributed by atoms with Crippen LogP contribution in [-0.2, 0) is 11.2 Å². The Kier molecular flexibility index (Phi) is 5.56. The van der Waals surface area contributed by atoms with Crippen molar-refractivity contribution in [2.75, 3.05) is 13.1 Å². The first-order chi connectivity index (χ1) is 9.66. The fourth-order valence-corrected chi connectivity index (χ4v) is 2.78. The summed E-state index contributed by atoms with van der Waals surface area (Å²) in [5.74, 6) is 0.0632. The molecule has 1 fully saturated rings. The average molecular weight is 275 g/mol. The van der Waals surface area contributed by atoms with Crippen LogP contribution in [0.15, 0.2) is 30.3 Å². The van der Waals surface area contributed by atoms with Crippen LogP contribution in [0.3, 0.4) is 0 Å². The molecule has 1 saturated heterocycles. The van der Waals surface area contributed by atoms with Gasteiger partial charge in [-0.25, -0.2) is 0 Å². The summed E-state index contributed by atoms with van der Waals surface area (Å²) in [4.78, 5) is 14.1. The van der Waals surface area contributed by atoms with Crippen LogP contribution in [0, 0.1) is 0 Å². The Morgan fingerprint density at radius 2 is 1.75 bits per heavy atom. The van der Waals surface area contributed by atoms with E-state index in [4.69, 9.17) is 11.5 Å². The third kappa shape index (κ3) is 4.32. The summed E-state index contributed by atoms with van der Waals surface area (Å²) >= 11 is 0. The molecule has 4 N–H and O–H groups in total. The highest BCUT2D eigenvalue weighted by Gasteiger charge is 2.24. The fourth-order valence-electron chi connectivity index (χ4n) is 2.78. The lowest BCUT2D eigenvalue weighted by Crippen LogP contribution is -2.48. The summed E-state index contributed by atoms with van der Waals surface area (Å²) in [7, 11) is 0. The van der Waals surface area contributed by atoms with Crippen molar-refractivity contribution in [3.05, 3.63) is 35.9 Å². The second-order valence-electron chi connectivity index (χ2n) is 5.68. The lowest BCUT2D eigenvalue weighted by Gasteiger charge is -2.29. The highest BCUT2D eigenvalue weighted by molar-refractivity contribution is 5.81.